The van der Waals surface area contributed by atoms with Gasteiger partial charge in [-0.1, -0.05) is 27.7 Å². The summed E-state index contributed by atoms with van der Waals surface area (Å²) in [4.78, 5) is 28.4. The second kappa shape index (κ2) is 7.95. The lowest BCUT2D eigenvalue weighted by atomic mass is 9.65. The van der Waals surface area contributed by atoms with Gasteiger partial charge in [0.1, 0.15) is 5.00 Å². The Morgan fingerprint density at radius 2 is 1.74 bits per heavy atom. The number of anilines is 2. The largest absolute Gasteiger partial charge is 0.478 e. The number of hydrogen-bond donors (Lipinski definition) is 2. The van der Waals surface area contributed by atoms with E-state index in [-0.39, 0.29) is 22.3 Å². The molecule has 2 aliphatic rings. The number of carboxylic acid groups (broad SMARTS) is 1. The molecule has 1 aromatic heterocycles. The minimum atomic E-state index is -0.982. The molecular formula is C24H30N2O4S. The molecule has 2 heterocycles. The van der Waals surface area contributed by atoms with Crippen LogP contribution in [0.4, 0.5) is 10.7 Å². The van der Waals surface area contributed by atoms with Crippen molar-refractivity contribution in [2.45, 2.75) is 46.0 Å². The Morgan fingerprint density at radius 3 is 2.35 bits per heavy atom. The lowest BCUT2D eigenvalue weighted by molar-refractivity contribution is 0.0696. The smallest absolute Gasteiger partial charge is 0.339 e. The van der Waals surface area contributed by atoms with E-state index in [1.807, 2.05) is 12.1 Å². The summed E-state index contributed by atoms with van der Waals surface area (Å²) in [6.45, 7) is 11.7. The van der Waals surface area contributed by atoms with Crippen molar-refractivity contribution in [3.63, 3.8) is 0 Å². The third-order valence-electron chi connectivity index (χ3n) is 6.14. The third kappa shape index (κ3) is 4.34. The zero-order chi connectivity index (χ0) is 22.4. The molecule has 166 valence electrons. The highest BCUT2D eigenvalue weighted by atomic mass is 32.1. The highest BCUT2D eigenvalue weighted by molar-refractivity contribution is 7.17. The van der Waals surface area contributed by atoms with E-state index in [2.05, 4.69) is 37.9 Å². The monoisotopic (exact) mass is 442 g/mol. The van der Waals surface area contributed by atoms with Crippen LogP contribution in [-0.4, -0.2) is 43.3 Å². The number of benzene rings is 1. The predicted octanol–water partition coefficient (Wildman–Crippen LogP) is 4.79. The van der Waals surface area contributed by atoms with Crippen molar-refractivity contribution in [1.29, 1.82) is 0 Å². The maximum absolute atomic E-state index is 12.9. The first kappa shape index (κ1) is 21.8. The van der Waals surface area contributed by atoms with Crippen LogP contribution in [-0.2, 0) is 16.6 Å². The summed E-state index contributed by atoms with van der Waals surface area (Å²) < 4.78 is 5.39. The molecule has 2 N–H and O–H groups in total. The number of rotatable bonds is 4. The topological polar surface area (TPSA) is 78.9 Å². The Kier molecular flexibility index (Phi) is 5.60. The van der Waals surface area contributed by atoms with Gasteiger partial charge in [0, 0.05) is 29.2 Å². The van der Waals surface area contributed by atoms with E-state index in [4.69, 9.17) is 4.74 Å². The molecule has 4 rings (SSSR count). The molecule has 31 heavy (non-hydrogen) atoms. The minimum absolute atomic E-state index is 0.0123. The second-order valence-electron chi connectivity index (χ2n) is 9.92. The molecular weight excluding hydrogens is 412 g/mol. The lowest BCUT2D eigenvalue weighted by Gasteiger charge is -2.40. The van der Waals surface area contributed by atoms with E-state index in [0.717, 1.165) is 35.6 Å². The summed E-state index contributed by atoms with van der Waals surface area (Å²) in [5, 5.41) is 13.3. The van der Waals surface area contributed by atoms with Crippen LogP contribution < -0.4 is 10.2 Å². The summed E-state index contributed by atoms with van der Waals surface area (Å²) >= 11 is 1.41. The Bertz CT molecular complexity index is 1000. The quantitative estimate of drug-likeness (QED) is 0.712. The molecule has 0 radical (unpaired) electrons. The number of hydrogen-bond acceptors (Lipinski definition) is 5. The number of fused-ring (bicyclic) bond motifs is 1. The summed E-state index contributed by atoms with van der Waals surface area (Å²) in [7, 11) is 0. The van der Waals surface area contributed by atoms with Crippen molar-refractivity contribution in [2.24, 2.45) is 5.41 Å². The Labute approximate surface area is 187 Å². The van der Waals surface area contributed by atoms with E-state index in [1.54, 1.807) is 12.1 Å². The van der Waals surface area contributed by atoms with Gasteiger partial charge in [0.15, 0.2) is 0 Å². The van der Waals surface area contributed by atoms with Crippen LogP contribution in [0.3, 0.4) is 0 Å². The summed E-state index contributed by atoms with van der Waals surface area (Å²) in [6.07, 6.45) is 1.68. The molecule has 1 saturated heterocycles. The number of nitrogens with zero attached hydrogens (tertiary/aromatic N) is 1. The SMILES string of the molecule is CC1(C)Cc2c(sc(NC(=O)c3ccc(N4CCOCC4)cc3)c2C(=O)O)C(C)(C)C1. The Morgan fingerprint density at radius 1 is 1.10 bits per heavy atom. The van der Waals surface area contributed by atoms with Gasteiger partial charge >= 0.3 is 5.97 Å². The summed E-state index contributed by atoms with van der Waals surface area (Å²) in [6, 6.07) is 7.45. The first-order valence-corrected chi connectivity index (χ1v) is 11.5. The average molecular weight is 443 g/mol. The van der Waals surface area contributed by atoms with E-state index < -0.39 is 5.97 Å². The summed E-state index contributed by atoms with van der Waals surface area (Å²) in [5.41, 5.74) is 2.57. The van der Waals surface area contributed by atoms with Crippen molar-refractivity contribution in [3.05, 3.63) is 45.8 Å². The molecule has 0 spiro atoms. The van der Waals surface area contributed by atoms with Gasteiger partial charge in [-0.2, -0.15) is 0 Å². The molecule has 2 aromatic rings. The van der Waals surface area contributed by atoms with Gasteiger partial charge in [-0.3, -0.25) is 4.79 Å². The zero-order valence-electron chi connectivity index (χ0n) is 18.6. The van der Waals surface area contributed by atoms with E-state index in [1.165, 1.54) is 11.3 Å². The minimum Gasteiger partial charge on any atom is -0.478 e. The normalized spacial score (nSPS) is 19.5. The van der Waals surface area contributed by atoms with Gasteiger partial charge in [-0.05, 0) is 53.5 Å². The number of thiophene rings is 1. The molecule has 1 aliphatic carbocycles. The van der Waals surface area contributed by atoms with Crippen LogP contribution in [0.25, 0.3) is 0 Å². The first-order valence-electron chi connectivity index (χ1n) is 10.7. The molecule has 7 heteroatoms. The number of aromatic carboxylic acids is 1. The number of carbonyl (C=O) groups excluding carboxylic acids is 1. The summed E-state index contributed by atoms with van der Waals surface area (Å²) in [5.74, 6) is -1.27. The van der Waals surface area contributed by atoms with Gasteiger partial charge in [-0.15, -0.1) is 11.3 Å². The lowest BCUT2D eigenvalue weighted by Crippen LogP contribution is -2.36. The molecule has 0 bridgehead atoms. The maximum Gasteiger partial charge on any atom is 0.339 e. The average Bonchev–Trinajstić information content (AvgIpc) is 3.06. The van der Waals surface area contributed by atoms with Crippen LogP contribution in [0.1, 0.15) is 65.3 Å². The maximum atomic E-state index is 12.9. The van der Waals surface area contributed by atoms with Crippen molar-refractivity contribution >= 4 is 33.9 Å². The fraction of sp³-hybridized carbons (Fsp3) is 0.500. The van der Waals surface area contributed by atoms with Crippen LogP contribution in [0.5, 0.6) is 0 Å². The number of nitrogens with one attached hydrogen (secondary N) is 1. The predicted molar refractivity (Wildman–Crippen MR) is 124 cm³/mol. The van der Waals surface area contributed by atoms with Crippen molar-refractivity contribution in [2.75, 3.05) is 36.5 Å². The van der Waals surface area contributed by atoms with Gasteiger partial charge in [0.25, 0.3) is 5.91 Å². The Balaban J connectivity index is 1.60. The van der Waals surface area contributed by atoms with Crippen LogP contribution in [0.15, 0.2) is 24.3 Å². The van der Waals surface area contributed by atoms with Crippen LogP contribution >= 0.6 is 11.3 Å². The molecule has 0 atom stereocenters. The van der Waals surface area contributed by atoms with Gasteiger partial charge in [-0.25, -0.2) is 4.79 Å². The van der Waals surface area contributed by atoms with Crippen molar-refractivity contribution in [1.82, 2.24) is 0 Å². The molecule has 1 aliphatic heterocycles. The molecule has 1 fully saturated rings. The standard InChI is InChI=1S/C24H30N2O4S/c1-23(2)13-17-18(22(28)29)21(31-19(17)24(3,4)14-23)25-20(27)15-5-7-16(8-6-15)26-9-11-30-12-10-26/h5-8H,9-14H2,1-4H3,(H,25,27)(H,28,29). The highest BCUT2D eigenvalue weighted by Gasteiger charge is 2.42. The number of morpholine rings is 1. The Hall–Kier alpha value is -2.38. The van der Waals surface area contributed by atoms with Gasteiger partial charge in [0.05, 0.1) is 18.8 Å². The van der Waals surface area contributed by atoms with E-state index in [9.17, 15) is 14.7 Å². The van der Waals surface area contributed by atoms with Crippen molar-refractivity contribution in [3.8, 4) is 0 Å². The zero-order valence-corrected chi connectivity index (χ0v) is 19.4. The molecule has 1 aromatic carbocycles. The number of amides is 1. The first-order chi connectivity index (χ1) is 14.6. The molecule has 6 nitrogen and oxygen atoms in total. The molecule has 1 amide bonds. The number of carboxylic acids is 1. The molecule has 0 unspecified atom stereocenters. The van der Waals surface area contributed by atoms with E-state index in [0.29, 0.717) is 30.2 Å². The van der Waals surface area contributed by atoms with E-state index >= 15 is 0 Å². The number of ether oxygens (including phenoxy) is 1. The molecule has 0 saturated carbocycles. The second-order valence-corrected chi connectivity index (χ2v) is 10.9. The fourth-order valence-corrected chi connectivity index (χ4v) is 6.44. The third-order valence-corrected chi connectivity index (χ3v) is 7.66. The fourth-order valence-electron chi connectivity index (χ4n) is 5.13. The van der Waals surface area contributed by atoms with Crippen LogP contribution in [0.2, 0.25) is 0 Å². The highest BCUT2D eigenvalue weighted by Crippen LogP contribution is 2.52. The number of carbonyl (C=O) groups is 2. The van der Waals surface area contributed by atoms with Gasteiger partial charge in [0.2, 0.25) is 0 Å². The van der Waals surface area contributed by atoms with Gasteiger partial charge < -0.3 is 20.1 Å². The van der Waals surface area contributed by atoms with Crippen molar-refractivity contribution < 1.29 is 19.4 Å². The van der Waals surface area contributed by atoms with Crippen LogP contribution in [0, 0.1) is 5.41 Å².